The molecule has 1 aromatic rings. The summed E-state index contributed by atoms with van der Waals surface area (Å²) < 4.78 is 0. The van der Waals surface area contributed by atoms with Crippen molar-refractivity contribution in [1.29, 1.82) is 0 Å². The molecule has 2 aliphatic rings. The van der Waals surface area contributed by atoms with Gasteiger partial charge in [-0.1, -0.05) is 55.5 Å². The fourth-order valence-electron chi connectivity index (χ4n) is 4.13. The molecule has 1 nitrogen and oxygen atoms in total. The van der Waals surface area contributed by atoms with Crippen LogP contribution in [0.4, 0.5) is 0 Å². The number of hydrogen-bond donors (Lipinski definition) is 1. The molecule has 116 valence electrons. The second-order valence-corrected chi connectivity index (χ2v) is 7.50. The van der Waals surface area contributed by atoms with E-state index in [-0.39, 0.29) is 0 Å². The van der Waals surface area contributed by atoms with Crippen LogP contribution in [0.2, 0.25) is 5.02 Å². The topological polar surface area (TPSA) is 12.0 Å². The van der Waals surface area contributed by atoms with E-state index >= 15 is 0 Å². The molecule has 0 aliphatic heterocycles. The lowest BCUT2D eigenvalue weighted by atomic mass is 9.75. The van der Waals surface area contributed by atoms with Gasteiger partial charge in [0.15, 0.2) is 0 Å². The highest BCUT2D eigenvalue weighted by molar-refractivity contribution is 6.31. The van der Waals surface area contributed by atoms with Crippen LogP contribution in [0.3, 0.4) is 0 Å². The van der Waals surface area contributed by atoms with Gasteiger partial charge in [0.2, 0.25) is 0 Å². The number of nitrogens with one attached hydrogen (secondary N) is 1. The number of rotatable bonds is 4. The Morgan fingerprint density at radius 3 is 2.38 bits per heavy atom. The normalized spacial score (nSPS) is 28.7. The monoisotopic (exact) mass is 305 g/mol. The van der Waals surface area contributed by atoms with Crippen LogP contribution in [0.25, 0.3) is 0 Å². The molecule has 2 heteroatoms. The fraction of sp³-hybridized carbons (Fsp3) is 0.684. The first-order valence-electron chi connectivity index (χ1n) is 8.74. The van der Waals surface area contributed by atoms with Crippen LogP contribution in [0, 0.1) is 5.92 Å². The number of halogens is 1. The van der Waals surface area contributed by atoms with Crippen molar-refractivity contribution in [1.82, 2.24) is 5.32 Å². The van der Waals surface area contributed by atoms with Gasteiger partial charge in [-0.3, -0.25) is 0 Å². The van der Waals surface area contributed by atoms with Crippen LogP contribution in [0.1, 0.15) is 69.8 Å². The second kappa shape index (κ2) is 7.15. The SMILES string of the molecule is C[C@H](NC1CC(c2ccccc2Cl)C1)C1CCCCCC1. The van der Waals surface area contributed by atoms with Crippen LogP contribution >= 0.6 is 11.6 Å². The summed E-state index contributed by atoms with van der Waals surface area (Å²) in [5, 5.41) is 4.83. The van der Waals surface area contributed by atoms with E-state index in [0.717, 1.165) is 10.9 Å². The van der Waals surface area contributed by atoms with Crippen molar-refractivity contribution in [3.8, 4) is 0 Å². The van der Waals surface area contributed by atoms with E-state index in [1.165, 1.54) is 56.9 Å². The van der Waals surface area contributed by atoms with Crippen LogP contribution < -0.4 is 5.32 Å². The molecule has 3 rings (SSSR count). The molecule has 2 aliphatic carbocycles. The van der Waals surface area contributed by atoms with Gasteiger partial charge in [0, 0.05) is 17.1 Å². The van der Waals surface area contributed by atoms with Gasteiger partial charge in [-0.25, -0.2) is 0 Å². The predicted molar refractivity (Wildman–Crippen MR) is 91.0 cm³/mol. The minimum absolute atomic E-state index is 0.664. The van der Waals surface area contributed by atoms with Gasteiger partial charge in [0.25, 0.3) is 0 Å². The van der Waals surface area contributed by atoms with E-state index in [0.29, 0.717) is 18.0 Å². The van der Waals surface area contributed by atoms with E-state index < -0.39 is 0 Å². The lowest BCUT2D eigenvalue weighted by Crippen LogP contribution is -2.47. The highest BCUT2D eigenvalue weighted by atomic mass is 35.5. The maximum Gasteiger partial charge on any atom is 0.0440 e. The van der Waals surface area contributed by atoms with Crippen molar-refractivity contribution in [2.45, 2.75) is 76.3 Å². The van der Waals surface area contributed by atoms with Gasteiger partial charge in [-0.05, 0) is 56.1 Å². The molecule has 1 atom stereocenters. The summed E-state index contributed by atoms with van der Waals surface area (Å²) in [6.45, 7) is 2.40. The first kappa shape index (κ1) is 15.4. The van der Waals surface area contributed by atoms with Crippen LogP contribution in [-0.2, 0) is 0 Å². The zero-order chi connectivity index (χ0) is 14.7. The standard InChI is InChI=1S/C19H28ClN/c1-14(15-8-4-2-3-5-9-15)21-17-12-16(13-17)18-10-6-7-11-19(18)20/h6-7,10-11,14-17,21H,2-5,8-9,12-13H2,1H3/t14-,16?,17?/m0/s1. The summed E-state index contributed by atoms with van der Waals surface area (Å²) in [4.78, 5) is 0. The summed E-state index contributed by atoms with van der Waals surface area (Å²) in [6, 6.07) is 9.72. The molecule has 1 aromatic carbocycles. The van der Waals surface area contributed by atoms with Crippen LogP contribution in [0.5, 0.6) is 0 Å². The minimum Gasteiger partial charge on any atom is -0.311 e. The second-order valence-electron chi connectivity index (χ2n) is 7.09. The highest BCUT2D eigenvalue weighted by Crippen LogP contribution is 2.40. The Balaban J connectivity index is 1.47. The molecule has 0 amide bonds. The third kappa shape index (κ3) is 3.81. The molecule has 0 heterocycles. The van der Waals surface area contributed by atoms with Crippen molar-refractivity contribution < 1.29 is 0 Å². The lowest BCUT2D eigenvalue weighted by molar-refractivity contribution is 0.228. The van der Waals surface area contributed by atoms with E-state index in [9.17, 15) is 0 Å². The Hall–Kier alpha value is -0.530. The molecule has 2 fully saturated rings. The summed E-state index contributed by atoms with van der Waals surface area (Å²) in [5.74, 6) is 1.56. The molecule has 0 aromatic heterocycles. The maximum atomic E-state index is 6.30. The maximum absolute atomic E-state index is 6.30. The van der Waals surface area contributed by atoms with Gasteiger partial charge < -0.3 is 5.32 Å². The van der Waals surface area contributed by atoms with E-state index in [2.05, 4.69) is 24.4 Å². The quantitative estimate of drug-likeness (QED) is 0.721. The van der Waals surface area contributed by atoms with E-state index in [4.69, 9.17) is 11.6 Å². The molecule has 0 saturated heterocycles. The first-order chi connectivity index (χ1) is 10.2. The summed E-state index contributed by atoms with van der Waals surface area (Å²) >= 11 is 6.30. The Morgan fingerprint density at radius 2 is 1.71 bits per heavy atom. The molecular formula is C19H28ClN. The largest absolute Gasteiger partial charge is 0.311 e. The molecule has 0 unspecified atom stereocenters. The van der Waals surface area contributed by atoms with Crippen LogP contribution in [-0.4, -0.2) is 12.1 Å². The van der Waals surface area contributed by atoms with Crippen LogP contribution in [0.15, 0.2) is 24.3 Å². The first-order valence-corrected chi connectivity index (χ1v) is 9.12. The zero-order valence-electron chi connectivity index (χ0n) is 13.2. The Labute approximate surface area is 134 Å². The molecule has 0 bridgehead atoms. The molecular weight excluding hydrogens is 278 g/mol. The van der Waals surface area contributed by atoms with Gasteiger partial charge in [-0.15, -0.1) is 0 Å². The summed E-state index contributed by atoms with van der Waals surface area (Å²) in [5.41, 5.74) is 1.35. The molecule has 0 spiro atoms. The van der Waals surface area contributed by atoms with Crippen molar-refractivity contribution in [2.24, 2.45) is 5.92 Å². The minimum atomic E-state index is 0.664. The molecule has 1 N–H and O–H groups in total. The third-order valence-corrected chi connectivity index (χ3v) is 5.93. The number of hydrogen-bond acceptors (Lipinski definition) is 1. The summed E-state index contributed by atoms with van der Waals surface area (Å²) in [6.07, 6.45) is 11.1. The Morgan fingerprint density at radius 1 is 1.05 bits per heavy atom. The van der Waals surface area contributed by atoms with Crippen molar-refractivity contribution in [3.05, 3.63) is 34.9 Å². The van der Waals surface area contributed by atoms with Gasteiger partial charge in [-0.2, -0.15) is 0 Å². The number of benzene rings is 1. The van der Waals surface area contributed by atoms with Crippen molar-refractivity contribution >= 4 is 11.6 Å². The highest BCUT2D eigenvalue weighted by Gasteiger charge is 2.33. The smallest absolute Gasteiger partial charge is 0.0440 e. The van der Waals surface area contributed by atoms with Crippen molar-refractivity contribution in [3.63, 3.8) is 0 Å². The van der Waals surface area contributed by atoms with Gasteiger partial charge in [0.1, 0.15) is 0 Å². The fourth-order valence-corrected chi connectivity index (χ4v) is 4.42. The molecule has 2 saturated carbocycles. The Kier molecular flexibility index (Phi) is 5.24. The lowest BCUT2D eigenvalue weighted by Gasteiger charge is -2.40. The summed E-state index contributed by atoms with van der Waals surface area (Å²) in [7, 11) is 0. The molecule has 0 radical (unpaired) electrons. The van der Waals surface area contributed by atoms with E-state index in [1.807, 2.05) is 12.1 Å². The average Bonchev–Trinajstić information content (AvgIpc) is 2.72. The van der Waals surface area contributed by atoms with Crippen molar-refractivity contribution in [2.75, 3.05) is 0 Å². The third-order valence-electron chi connectivity index (χ3n) is 5.59. The van der Waals surface area contributed by atoms with E-state index in [1.54, 1.807) is 0 Å². The predicted octanol–water partition coefficient (Wildman–Crippen LogP) is 5.53. The average molecular weight is 306 g/mol. The Bertz CT molecular complexity index is 445. The molecule has 21 heavy (non-hydrogen) atoms. The zero-order valence-corrected chi connectivity index (χ0v) is 13.9. The van der Waals surface area contributed by atoms with Gasteiger partial charge in [0.05, 0.1) is 0 Å². The van der Waals surface area contributed by atoms with Gasteiger partial charge >= 0.3 is 0 Å².